The maximum atomic E-state index is 5.74. The zero-order valence-corrected chi connectivity index (χ0v) is 9.57. The summed E-state index contributed by atoms with van der Waals surface area (Å²) in [6, 6.07) is 0.653. The number of halogens is 1. The van der Waals surface area contributed by atoms with Crippen LogP contribution in [0.1, 0.15) is 13.8 Å². The third-order valence-electron chi connectivity index (χ3n) is 1.13. The number of hydrogen-bond acceptors (Lipinski definition) is 3. The molecule has 0 N–H and O–H groups in total. The van der Waals surface area contributed by atoms with Gasteiger partial charge in [-0.25, -0.2) is 0 Å². The molecule has 0 spiro atoms. The number of nitrogens with zero attached hydrogens (tertiary/aromatic N) is 1. The van der Waals surface area contributed by atoms with Crippen LogP contribution in [0.25, 0.3) is 0 Å². The highest BCUT2D eigenvalue weighted by Gasteiger charge is 2.00. The third kappa shape index (κ3) is 7.32. The Bertz CT molecular complexity index is 74.8. The van der Waals surface area contributed by atoms with Gasteiger partial charge in [-0.2, -0.15) is 0 Å². The molecular formula is C7H16ClNS2. The van der Waals surface area contributed by atoms with Gasteiger partial charge in [0.1, 0.15) is 0 Å². The van der Waals surface area contributed by atoms with Crippen molar-refractivity contribution in [1.29, 1.82) is 0 Å². The van der Waals surface area contributed by atoms with Gasteiger partial charge in [0.25, 0.3) is 0 Å². The molecule has 0 unspecified atom stereocenters. The van der Waals surface area contributed by atoms with Crippen LogP contribution in [-0.2, 0) is 0 Å². The lowest BCUT2D eigenvalue weighted by molar-refractivity contribution is 0.443. The molecule has 0 aromatic carbocycles. The molecule has 1 nitrogen and oxygen atoms in total. The van der Waals surface area contributed by atoms with E-state index in [1.165, 1.54) is 11.5 Å². The Hall–Kier alpha value is 0.950. The van der Waals surface area contributed by atoms with Crippen molar-refractivity contribution >= 4 is 35.1 Å². The van der Waals surface area contributed by atoms with Crippen molar-refractivity contribution in [2.24, 2.45) is 0 Å². The Kier molecular flexibility index (Phi) is 9.82. The van der Waals surface area contributed by atoms with E-state index < -0.39 is 0 Å². The molecule has 0 bridgehead atoms. The summed E-state index contributed by atoms with van der Waals surface area (Å²) in [6.07, 6.45) is 0. The minimum Gasteiger partial charge on any atom is -0.271 e. The van der Waals surface area contributed by atoms with Gasteiger partial charge < -0.3 is 0 Å². The average molecular weight is 214 g/mol. The molecule has 0 aromatic heterocycles. The summed E-state index contributed by atoms with van der Waals surface area (Å²) in [6.45, 7) is 4.34. The van der Waals surface area contributed by atoms with Crippen molar-refractivity contribution in [3.63, 3.8) is 0 Å². The molecule has 0 aliphatic carbocycles. The van der Waals surface area contributed by atoms with Gasteiger partial charge in [-0.3, -0.25) is 4.90 Å². The molecule has 0 rings (SSSR count). The fraction of sp³-hybridized carbons (Fsp3) is 1.00. The first-order valence-corrected chi connectivity index (χ1v) is 6.63. The van der Waals surface area contributed by atoms with Crippen LogP contribution < -0.4 is 0 Å². The van der Waals surface area contributed by atoms with Crippen LogP contribution in [0.5, 0.6) is 0 Å². The van der Waals surface area contributed by atoms with Crippen LogP contribution in [0.2, 0.25) is 0 Å². The Morgan fingerprint density at radius 1 is 1.09 bits per heavy atom. The summed E-state index contributed by atoms with van der Waals surface area (Å²) in [5, 5.41) is 0. The highest BCUT2D eigenvalue weighted by atomic mass is 35.5. The summed E-state index contributed by atoms with van der Waals surface area (Å²) in [5.41, 5.74) is 0. The van der Waals surface area contributed by atoms with Gasteiger partial charge in [-0.15, -0.1) is 35.1 Å². The Balaban J connectivity index is 3.25. The summed E-state index contributed by atoms with van der Waals surface area (Å²) in [7, 11) is 0. The van der Waals surface area contributed by atoms with Crippen LogP contribution in [-0.4, -0.2) is 34.2 Å². The molecule has 0 atom stereocenters. The molecule has 0 aromatic rings. The van der Waals surface area contributed by atoms with Gasteiger partial charge in [0.15, 0.2) is 0 Å². The lowest BCUT2D eigenvalue weighted by atomic mass is 11.0. The fourth-order valence-corrected chi connectivity index (χ4v) is 2.28. The number of rotatable bonds is 7. The van der Waals surface area contributed by atoms with Gasteiger partial charge in [-0.05, 0) is 11.5 Å². The molecule has 4 heteroatoms. The van der Waals surface area contributed by atoms with Crippen LogP contribution in [0.15, 0.2) is 0 Å². The molecule has 0 amide bonds. The minimum atomic E-state index is 0.653. The Labute approximate surface area is 83.2 Å². The van der Waals surface area contributed by atoms with Gasteiger partial charge in [-0.1, -0.05) is 13.8 Å². The standard InChI is InChI=1S/C7H16ClNS2/c1-3-10-6-9(5-8)7-11-4-2/h3-7H2,1-2H3. The molecular weight excluding hydrogens is 198 g/mol. The van der Waals surface area contributed by atoms with Gasteiger partial charge in [0.05, 0.1) is 6.00 Å². The second-order valence-electron chi connectivity index (χ2n) is 2.03. The molecule has 11 heavy (non-hydrogen) atoms. The first kappa shape index (κ1) is 11.9. The van der Waals surface area contributed by atoms with E-state index in [0.717, 1.165) is 11.8 Å². The molecule has 0 saturated heterocycles. The quantitative estimate of drug-likeness (QED) is 0.364. The maximum absolute atomic E-state index is 5.74. The second-order valence-corrected chi connectivity index (χ2v) is 4.76. The Morgan fingerprint density at radius 3 is 1.82 bits per heavy atom. The zero-order chi connectivity index (χ0) is 8.53. The van der Waals surface area contributed by atoms with Gasteiger partial charge >= 0.3 is 0 Å². The van der Waals surface area contributed by atoms with Crippen molar-refractivity contribution in [2.75, 3.05) is 29.3 Å². The van der Waals surface area contributed by atoms with Crippen molar-refractivity contribution in [3.05, 3.63) is 0 Å². The number of alkyl halides is 1. The molecule has 0 radical (unpaired) electrons. The van der Waals surface area contributed by atoms with E-state index in [-0.39, 0.29) is 0 Å². The van der Waals surface area contributed by atoms with E-state index in [2.05, 4.69) is 18.7 Å². The smallest absolute Gasteiger partial charge is 0.0751 e. The van der Waals surface area contributed by atoms with Crippen LogP contribution >= 0.6 is 35.1 Å². The molecule has 68 valence electrons. The lowest BCUT2D eigenvalue weighted by Crippen LogP contribution is -2.21. The zero-order valence-electron chi connectivity index (χ0n) is 7.18. The van der Waals surface area contributed by atoms with E-state index in [1.54, 1.807) is 0 Å². The minimum absolute atomic E-state index is 0.653. The molecule has 0 fully saturated rings. The topological polar surface area (TPSA) is 3.24 Å². The molecule has 0 aliphatic heterocycles. The van der Waals surface area contributed by atoms with E-state index >= 15 is 0 Å². The largest absolute Gasteiger partial charge is 0.271 e. The van der Waals surface area contributed by atoms with E-state index in [1.807, 2.05) is 23.5 Å². The average Bonchev–Trinajstić information content (AvgIpc) is 2.05. The highest BCUT2D eigenvalue weighted by molar-refractivity contribution is 7.99. The fourth-order valence-electron chi connectivity index (χ4n) is 0.547. The molecule has 0 heterocycles. The van der Waals surface area contributed by atoms with Crippen LogP contribution in [0, 0.1) is 0 Å². The number of thioether (sulfide) groups is 2. The van der Waals surface area contributed by atoms with Crippen molar-refractivity contribution in [2.45, 2.75) is 13.8 Å². The predicted molar refractivity (Wildman–Crippen MR) is 58.6 cm³/mol. The normalized spacial score (nSPS) is 10.9. The van der Waals surface area contributed by atoms with E-state index in [0.29, 0.717) is 6.00 Å². The van der Waals surface area contributed by atoms with Crippen molar-refractivity contribution in [3.8, 4) is 0 Å². The monoisotopic (exact) mass is 213 g/mol. The third-order valence-corrected chi connectivity index (χ3v) is 3.38. The second kappa shape index (κ2) is 9.04. The first-order valence-electron chi connectivity index (χ1n) is 3.78. The highest BCUT2D eigenvalue weighted by Crippen LogP contribution is 2.09. The van der Waals surface area contributed by atoms with E-state index in [9.17, 15) is 0 Å². The first-order chi connectivity index (χ1) is 5.35. The van der Waals surface area contributed by atoms with Gasteiger partial charge in [0.2, 0.25) is 0 Å². The predicted octanol–water partition coefficient (Wildman–Crippen LogP) is 2.91. The summed E-state index contributed by atoms with van der Waals surface area (Å²) < 4.78 is 0. The molecule has 0 aliphatic rings. The number of hydrogen-bond donors (Lipinski definition) is 0. The lowest BCUT2D eigenvalue weighted by Gasteiger charge is -2.16. The van der Waals surface area contributed by atoms with Crippen molar-refractivity contribution < 1.29 is 0 Å². The summed E-state index contributed by atoms with van der Waals surface area (Å²) in [5.74, 6) is 4.47. The van der Waals surface area contributed by atoms with Crippen molar-refractivity contribution in [1.82, 2.24) is 4.90 Å². The molecule has 0 saturated carbocycles. The summed E-state index contributed by atoms with van der Waals surface area (Å²) in [4.78, 5) is 2.24. The van der Waals surface area contributed by atoms with Crippen LogP contribution in [0.3, 0.4) is 0 Å². The summed E-state index contributed by atoms with van der Waals surface area (Å²) >= 11 is 9.58. The Morgan fingerprint density at radius 2 is 1.55 bits per heavy atom. The van der Waals surface area contributed by atoms with E-state index in [4.69, 9.17) is 11.6 Å². The van der Waals surface area contributed by atoms with Gasteiger partial charge in [0, 0.05) is 11.8 Å². The SMILES string of the molecule is CCSCN(CCl)CSCC. The van der Waals surface area contributed by atoms with Crippen LogP contribution in [0.4, 0.5) is 0 Å². The maximum Gasteiger partial charge on any atom is 0.0751 e.